The van der Waals surface area contributed by atoms with Crippen LogP contribution in [-0.4, -0.2) is 35.6 Å². The minimum Gasteiger partial charge on any atom is -0.480 e. The van der Waals surface area contributed by atoms with Gasteiger partial charge in [-0.2, -0.15) is 0 Å². The number of carboxylic acid groups (broad SMARTS) is 1. The molecule has 0 amide bonds. The van der Waals surface area contributed by atoms with Crippen LogP contribution in [0.3, 0.4) is 0 Å². The second-order valence-corrected chi connectivity index (χ2v) is 1.77. The summed E-state index contributed by atoms with van der Waals surface area (Å²) in [6.07, 6.45) is 0.218. The summed E-state index contributed by atoms with van der Waals surface area (Å²) in [5.41, 5.74) is 5.10. The molecule has 0 radical (unpaired) electrons. The van der Waals surface area contributed by atoms with Gasteiger partial charge in [0.2, 0.25) is 0 Å². The molecule has 0 heterocycles. The van der Waals surface area contributed by atoms with E-state index in [1.54, 1.807) is 0 Å². The highest BCUT2D eigenvalue weighted by Crippen LogP contribution is 1.88. The predicted octanol–water partition coefficient (Wildman–Crippen LogP) is -1.25. The number of nitrogens with two attached hydrogens (primary N) is 1. The van der Waals surface area contributed by atoms with Gasteiger partial charge in [-0.3, -0.25) is 4.79 Å². The fourth-order valence-corrected chi connectivity index (χ4v) is 0.398. The van der Waals surface area contributed by atoms with Crippen molar-refractivity contribution in [3.8, 4) is 0 Å². The van der Waals surface area contributed by atoms with E-state index in [1.165, 1.54) is 0 Å². The quantitative estimate of drug-likeness (QED) is 0.335. The first-order chi connectivity index (χ1) is 4.68. The Morgan fingerprint density at radius 3 is 2.70 bits per heavy atom. The minimum absolute atomic E-state index is 0.171. The number of aliphatic carboxylic acids is 1. The summed E-state index contributed by atoms with van der Waals surface area (Å²) in [4.78, 5) is 10.1. The van der Waals surface area contributed by atoms with Gasteiger partial charge in [0.1, 0.15) is 12.8 Å². The van der Waals surface area contributed by atoms with Gasteiger partial charge in [0.05, 0.1) is 6.61 Å². The molecule has 0 unspecified atom stereocenters. The zero-order chi connectivity index (χ0) is 7.98. The molecule has 5 nitrogen and oxygen atoms in total. The zero-order valence-electron chi connectivity index (χ0n) is 5.49. The van der Waals surface area contributed by atoms with E-state index in [-0.39, 0.29) is 13.0 Å². The Balaban J connectivity index is 3.21. The molecule has 5 heteroatoms. The van der Waals surface area contributed by atoms with Crippen LogP contribution in [-0.2, 0) is 9.53 Å². The fourth-order valence-electron chi connectivity index (χ4n) is 0.398. The fraction of sp³-hybridized carbons (Fsp3) is 0.800. The van der Waals surface area contributed by atoms with Crippen molar-refractivity contribution >= 4 is 5.97 Å². The van der Waals surface area contributed by atoms with E-state index in [0.717, 1.165) is 0 Å². The summed E-state index contributed by atoms with van der Waals surface area (Å²) < 4.78 is 4.47. The van der Waals surface area contributed by atoms with Gasteiger partial charge < -0.3 is 20.7 Å². The molecule has 0 saturated heterocycles. The predicted molar refractivity (Wildman–Crippen MR) is 33.3 cm³/mol. The van der Waals surface area contributed by atoms with Crippen LogP contribution in [0.5, 0.6) is 0 Å². The number of hydrogen-bond acceptors (Lipinski definition) is 4. The molecule has 4 N–H and O–H groups in total. The van der Waals surface area contributed by atoms with Gasteiger partial charge in [-0.25, -0.2) is 0 Å². The van der Waals surface area contributed by atoms with E-state index in [1.807, 2.05) is 0 Å². The zero-order valence-corrected chi connectivity index (χ0v) is 5.49. The lowest BCUT2D eigenvalue weighted by atomic mass is 10.2. The Labute approximate surface area is 58.4 Å². The molecule has 0 bridgehead atoms. The van der Waals surface area contributed by atoms with Crippen LogP contribution in [0.4, 0.5) is 0 Å². The van der Waals surface area contributed by atoms with Gasteiger partial charge in [0.15, 0.2) is 0 Å². The highest BCUT2D eigenvalue weighted by atomic mass is 16.6. The standard InChI is InChI=1S/C5H11NO4/c6-4(5(8)9)1-2-10-3-7/h4,7H,1-3,6H2,(H,8,9)/t4-/m0/s1. The van der Waals surface area contributed by atoms with E-state index in [2.05, 4.69) is 4.74 Å². The van der Waals surface area contributed by atoms with Crippen molar-refractivity contribution < 1.29 is 19.7 Å². The molecular weight excluding hydrogens is 138 g/mol. The lowest BCUT2D eigenvalue weighted by molar-refractivity contribution is -0.139. The highest BCUT2D eigenvalue weighted by molar-refractivity contribution is 5.72. The van der Waals surface area contributed by atoms with Gasteiger partial charge in [-0.1, -0.05) is 0 Å². The van der Waals surface area contributed by atoms with Crippen molar-refractivity contribution in [2.75, 3.05) is 13.4 Å². The number of ether oxygens (including phenoxy) is 1. The maximum atomic E-state index is 10.1. The maximum Gasteiger partial charge on any atom is 0.320 e. The van der Waals surface area contributed by atoms with Crippen molar-refractivity contribution in [1.29, 1.82) is 0 Å². The summed E-state index contributed by atoms with van der Waals surface area (Å²) in [7, 11) is 0. The molecule has 0 aromatic rings. The second-order valence-electron chi connectivity index (χ2n) is 1.77. The molecule has 0 aliphatic heterocycles. The molecule has 0 fully saturated rings. The lowest BCUT2D eigenvalue weighted by Crippen LogP contribution is -2.31. The maximum absolute atomic E-state index is 10.1. The number of carboxylic acids is 1. The first-order valence-corrected chi connectivity index (χ1v) is 2.85. The van der Waals surface area contributed by atoms with Crippen molar-refractivity contribution in [2.24, 2.45) is 5.73 Å². The number of hydrogen-bond donors (Lipinski definition) is 3. The van der Waals surface area contributed by atoms with Crippen molar-refractivity contribution in [1.82, 2.24) is 0 Å². The summed E-state index contributed by atoms with van der Waals surface area (Å²) in [6, 6.07) is -0.897. The molecule has 0 aromatic carbocycles. The van der Waals surface area contributed by atoms with E-state index >= 15 is 0 Å². The minimum atomic E-state index is -1.05. The largest absolute Gasteiger partial charge is 0.480 e. The summed E-state index contributed by atoms with van der Waals surface area (Å²) >= 11 is 0. The summed E-state index contributed by atoms with van der Waals surface area (Å²) in [5.74, 6) is -1.05. The third-order valence-electron chi connectivity index (χ3n) is 0.982. The molecule has 60 valence electrons. The number of carbonyl (C=O) groups is 1. The van der Waals surface area contributed by atoms with Crippen LogP contribution in [0.2, 0.25) is 0 Å². The average Bonchev–Trinajstić information content (AvgIpc) is 1.88. The Morgan fingerprint density at radius 2 is 2.30 bits per heavy atom. The van der Waals surface area contributed by atoms with Crippen molar-refractivity contribution in [3.05, 3.63) is 0 Å². The van der Waals surface area contributed by atoms with Crippen molar-refractivity contribution in [3.63, 3.8) is 0 Å². The van der Waals surface area contributed by atoms with E-state index in [4.69, 9.17) is 15.9 Å². The van der Waals surface area contributed by atoms with Crippen LogP contribution in [0.25, 0.3) is 0 Å². The summed E-state index contributed by atoms with van der Waals surface area (Å²) in [6.45, 7) is -0.226. The molecule has 0 saturated carbocycles. The Morgan fingerprint density at radius 1 is 1.70 bits per heavy atom. The third kappa shape index (κ3) is 4.25. The van der Waals surface area contributed by atoms with Crippen molar-refractivity contribution in [2.45, 2.75) is 12.5 Å². The Hall–Kier alpha value is -0.650. The van der Waals surface area contributed by atoms with Gasteiger partial charge in [0.25, 0.3) is 0 Å². The topological polar surface area (TPSA) is 92.8 Å². The number of rotatable bonds is 5. The SMILES string of the molecule is N[C@@H](CCOCO)C(=O)O. The van der Waals surface area contributed by atoms with E-state index in [9.17, 15) is 4.79 Å². The lowest BCUT2D eigenvalue weighted by Gasteiger charge is -2.04. The van der Waals surface area contributed by atoms with Gasteiger partial charge in [-0.15, -0.1) is 0 Å². The molecule has 0 aromatic heterocycles. The van der Waals surface area contributed by atoms with Gasteiger partial charge in [-0.05, 0) is 6.42 Å². The van der Waals surface area contributed by atoms with Crippen LogP contribution < -0.4 is 5.73 Å². The third-order valence-corrected chi connectivity index (χ3v) is 0.982. The number of aliphatic hydroxyl groups is 1. The van der Waals surface area contributed by atoms with Crippen LogP contribution in [0, 0.1) is 0 Å². The molecule has 10 heavy (non-hydrogen) atoms. The molecule has 0 spiro atoms. The molecule has 0 rings (SSSR count). The Kier molecular flexibility index (Phi) is 4.82. The van der Waals surface area contributed by atoms with Gasteiger partial charge in [0, 0.05) is 0 Å². The molecule has 1 atom stereocenters. The van der Waals surface area contributed by atoms with E-state index in [0.29, 0.717) is 0 Å². The Bertz CT molecular complexity index is 106. The molecule has 0 aliphatic rings. The normalized spacial score (nSPS) is 13.0. The first kappa shape index (κ1) is 9.35. The summed E-state index contributed by atoms with van der Waals surface area (Å²) in [5, 5.41) is 16.3. The first-order valence-electron chi connectivity index (χ1n) is 2.85. The molecule has 0 aliphatic carbocycles. The average molecular weight is 149 g/mol. The second kappa shape index (κ2) is 5.16. The highest BCUT2D eigenvalue weighted by Gasteiger charge is 2.09. The van der Waals surface area contributed by atoms with Crippen LogP contribution in [0.15, 0.2) is 0 Å². The monoisotopic (exact) mass is 149 g/mol. The van der Waals surface area contributed by atoms with Gasteiger partial charge >= 0.3 is 5.97 Å². The molecular formula is C5H11NO4. The van der Waals surface area contributed by atoms with Crippen LogP contribution >= 0.6 is 0 Å². The number of aliphatic hydroxyl groups excluding tert-OH is 1. The van der Waals surface area contributed by atoms with Crippen LogP contribution in [0.1, 0.15) is 6.42 Å². The van der Waals surface area contributed by atoms with E-state index < -0.39 is 18.8 Å². The smallest absolute Gasteiger partial charge is 0.320 e.